The van der Waals surface area contributed by atoms with E-state index in [1.807, 2.05) is 25.3 Å². The summed E-state index contributed by atoms with van der Waals surface area (Å²) >= 11 is 1.71. The Morgan fingerprint density at radius 2 is 2.33 bits per heavy atom. The van der Waals surface area contributed by atoms with Gasteiger partial charge in [0.05, 0.1) is 0 Å². The van der Waals surface area contributed by atoms with Crippen LogP contribution in [0, 0.1) is 5.92 Å². The summed E-state index contributed by atoms with van der Waals surface area (Å²) < 4.78 is 10.4. The molecule has 100 valence electrons. The van der Waals surface area contributed by atoms with Crippen molar-refractivity contribution in [2.45, 2.75) is 39.1 Å². The predicted octanol–water partition coefficient (Wildman–Crippen LogP) is 2.15. The van der Waals surface area contributed by atoms with Gasteiger partial charge in [-0.05, 0) is 17.9 Å². The number of Topliss-reactive ketones (excluding diaryl/α,β-unsaturated/α-hetero) is 1. The van der Waals surface area contributed by atoms with Gasteiger partial charge in [-0.15, -0.1) is 11.3 Å². The minimum absolute atomic E-state index is 0.0702. The van der Waals surface area contributed by atoms with E-state index in [-0.39, 0.29) is 24.2 Å². The number of carbonyl (C=O) groups is 1. The highest BCUT2D eigenvalue weighted by Crippen LogP contribution is 2.16. The maximum Gasteiger partial charge on any atom is 0.220 e. The molecule has 0 aliphatic carbocycles. The van der Waals surface area contributed by atoms with Gasteiger partial charge in [0, 0.05) is 23.3 Å². The summed E-state index contributed by atoms with van der Waals surface area (Å²) in [5, 5.41) is 5.27. The molecule has 2 rings (SSSR count). The molecule has 1 aliphatic heterocycles. The molecule has 1 aromatic heterocycles. The van der Waals surface area contributed by atoms with Crippen molar-refractivity contribution in [3.63, 3.8) is 0 Å². The Balaban J connectivity index is 1.90. The fourth-order valence-corrected chi connectivity index (χ4v) is 2.55. The van der Waals surface area contributed by atoms with Gasteiger partial charge >= 0.3 is 0 Å². The zero-order chi connectivity index (χ0) is 13.0. The molecule has 1 N–H and O–H groups in total. The quantitative estimate of drug-likeness (QED) is 0.824. The predicted molar refractivity (Wildman–Crippen MR) is 70.2 cm³/mol. The Labute approximate surface area is 111 Å². The summed E-state index contributed by atoms with van der Waals surface area (Å²) in [5.74, 6) is 0.337. The second kappa shape index (κ2) is 6.43. The number of rotatable bonds is 7. The van der Waals surface area contributed by atoms with Crippen LogP contribution < -0.4 is 5.32 Å². The van der Waals surface area contributed by atoms with Crippen LogP contribution in [0.4, 0.5) is 0 Å². The van der Waals surface area contributed by atoms with E-state index in [4.69, 9.17) is 9.47 Å². The van der Waals surface area contributed by atoms with Gasteiger partial charge in [0.1, 0.15) is 5.78 Å². The van der Waals surface area contributed by atoms with Crippen LogP contribution in [-0.2, 0) is 20.7 Å². The monoisotopic (exact) mass is 269 g/mol. The highest BCUT2D eigenvalue weighted by Gasteiger charge is 2.25. The third-order valence-corrected chi connectivity index (χ3v) is 3.83. The molecule has 1 aromatic rings. The number of carbonyl (C=O) groups excluding carboxylic acids is 1. The fourth-order valence-electron chi connectivity index (χ4n) is 1.76. The highest BCUT2D eigenvalue weighted by atomic mass is 32.1. The first kappa shape index (κ1) is 13.7. The molecule has 18 heavy (non-hydrogen) atoms. The largest absolute Gasteiger partial charge is 0.313 e. The molecular formula is C13H19NO3S. The summed E-state index contributed by atoms with van der Waals surface area (Å²) in [4.78, 5) is 13.1. The van der Waals surface area contributed by atoms with E-state index in [1.54, 1.807) is 11.3 Å². The Hall–Kier alpha value is -0.750. The highest BCUT2D eigenvalue weighted by molar-refractivity contribution is 7.09. The van der Waals surface area contributed by atoms with Crippen molar-refractivity contribution in [2.75, 3.05) is 6.79 Å². The summed E-state index contributed by atoms with van der Waals surface area (Å²) in [6, 6.07) is 4.18. The van der Waals surface area contributed by atoms with Crippen LogP contribution in [0.25, 0.3) is 0 Å². The zero-order valence-electron chi connectivity index (χ0n) is 10.7. The molecule has 0 saturated carbocycles. The molecule has 5 heteroatoms. The molecule has 1 saturated heterocycles. The van der Waals surface area contributed by atoms with Gasteiger partial charge in [-0.3, -0.25) is 10.1 Å². The summed E-state index contributed by atoms with van der Waals surface area (Å²) in [5.41, 5.74) is 0. The number of ether oxygens (including phenoxy) is 2. The molecule has 0 spiro atoms. The lowest BCUT2D eigenvalue weighted by atomic mass is 9.99. The number of nitrogens with one attached hydrogen (secondary N) is 1. The van der Waals surface area contributed by atoms with E-state index in [0.717, 1.165) is 6.42 Å². The van der Waals surface area contributed by atoms with E-state index in [1.165, 1.54) is 4.88 Å². The number of thiophene rings is 1. The molecule has 0 aromatic carbocycles. The topological polar surface area (TPSA) is 47.6 Å². The van der Waals surface area contributed by atoms with Gasteiger partial charge in [-0.1, -0.05) is 19.9 Å². The molecule has 1 atom stereocenters. The standard InChI is InChI=1S/C13H19NO3S/c1-9(2)12(15)7-10(14-13-16-8-17-13)6-11-4-3-5-18-11/h3-5,9-10,13-14H,6-8H2,1-2H3/t10-/m0/s1. The van der Waals surface area contributed by atoms with Crippen LogP contribution in [0.3, 0.4) is 0 Å². The first-order valence-electron chi connectivity index (χ1n) is 6.19. The van der Waals surface area contributed by atoms with Crippen LogP contribution in [0.2, 0.25) is 0 Å². The Kier molecular flexibility index (Phi) is 4.88. The maximum atomic E-state index is 11.9. The molecular weight excluding hydrogens is 250 g/mol. The summed E-state index contributed by atoms with van der Waals surface area (Å²) in [7, 11) is 0. The van der Waals surface area contributed by atoms with Crippen LogP contribution >= 0.6 is 11.3 Å². The van der Waals surface area contributed by atoms with Crippen LogP contribution in [0.1, 0.15) is 25.1 Å². The second-order valence-electron chi connectivity index (χ2n) is 4.76. The first-order chi connectivity index (χ1) is 8.65. The van der Waals surface area contributed by atoms with Crippen LogP contribution in [0.15, 0.2) is 17.5 Å². The van der Waals surface area contributed by atoms with E-state index >= 15 is 0 Å². The molecule has 4 nitrogen and oxygen atoms in total. The van der Waals surface area contributed by atoms with Gasteiger partial charge < -0.3 is 9.47 Å². The molecule has 0 radical (unpaired) electrons. The molecule has 1 aliphatic rings. The van der Waals surface area contributed by atoms with Crippen molar-refractivity contribution >= 4 is 17.1 Å². The minimum atomic E-state index is -0.352. The smallest absolute Gasteiger partial charge is 0.220 e. The Bertz CT molecular complexity index is 374. The van der Waals surface area contributed by atoms with E-state index in [2.05, 4.69) is 11.4 Å². The SMILES string of the molecule is CC(C)C(=O)C[C@H](Cc1cccs1)NC1OCO1. The van der Waals surface area contributed by atoms with E-state index < -0.39 is 0 Å². The Morgan fingerprint density at radius 3 is 2.83 bits per heavy atom. The number of ketones is 1. The average molecular weight is 269 g/mol. The molecule has 2 heterocycles. The second-order valence-corrected chi connectivity index (χ2v) is 5.79. The maximum absolute atomic E-state index is 11.9. The van der Waals surface area contributed by atoms with Crippen molar-refractivity contribution in [1.29, 1.82) is 0 Å². The van der Waals surface area contributed by atoms with E-state index in [0.29, 0.717) is 13.2 Å². The van der Waals surface area contributed by atoms with Crippen molar-refractivity contribution in [2.24, 2.45) is 5.92 Å². The van der Waals surface area contributed by atoms with Crippen molar-refractivity contribution in [3.8, 4) is 0 Å². The third kappa shape index (κ3) is 3.88. The van der Waals surface area contributed by atoms with Gasteiger partial charge in [0.25, 0.3) is 0 Å². The van der Waals surface area contributed by atoms with Gasteiger partial charge in [-0.2, -0.15) is 0 Å². The summed E-state index contributed by atoms with van der Waals surface area (Å²) in [6.07, 6.45) is 0.993. The fraction of sp³-hybridized carbons (Fsp3) is 0.615. The van der Waals surface area contributed by atoms with Crippen LogP contribution in [-0.4, -0.2) is 25.0 Å². The van der Waals surface area contributed by atoms with Gasteiger partial charge in [0.2, 0.25) is 6.41 Å². The van der Waals surface area contributed by atoms with E-state index in [9.17, 15) is 4.79 Å². The van der Waals surface area contributed by atoms with Gasteiger partial charge in [-0.25, -0.2) is 0 Å². The molecule has 1 fully saturated rings. The van der Waals surface area contributed by atoms with Gasteiger partial charge in [0.15, 0.2) is 6.79 Å². The molecule has 0 bridgehead atoms. The normalized spacial score (nSPS) is 17.7. The molecule has 0 amide bonds. The first-order valence-corrected chi connectivity index (χ1v) is 7.07. The molecule has 0 unspecified atom stereocenters. The Morgan fingerprint density at radius 1 is 1.56 bits per heavy atom. The minimum Gasteiger partial charge on any atom is -0.313 e. The van der Waals surface area contributed by atoms with Crippen molar-refractivity contribution < 1.29 is 14.3 Å². The van der Waals surface area contributed by atoms with Crippen molar-refractivity contribution in [1.82, 2.24) is 5.32 Å². The van der Waals surface area contributed by atoms with Crippen LogP contribution in [0.5, 0.6) is 0 Å². The summed E-state index contributed by atoms with van der Waals surface area (Å²) in [6.45, 7) is 4.20. The average Bonchev–Trinajstić information content (AvgIpc) is 2.75. The zero-order valence-corrected chi connectivity index (χ0v) is 11.5. The lowest BCUT2D eigenvalue weighted by molar-refractivity contribution is -0.335. The lowest BCUT2D eigenvalue weighted by Gasteiger charge is -2.31. The lowest BCUT2D eigenvalue weighted by Crippen LogP contribution is -2.49. The number of hydrogen-bond acceptors (Lipinski definition) is 5. The van der Waals surface area contributed by atoms with Crippen molar-refractivity contribution in [3.05, 3.63) is 22.4 Å². The number of hydrogen-bond donors (Lipinski definition) is 1. The third-order valence-electron chi connectivity index (χ3n) is 2.93.